The van der Waals surface area contributed by atoms with E-state index in [1.165, 1.54) is 12.1 Å². The molecule has 1 aliphatic rings. The number of anilines is 1. The van der Waals surface area contributed by atoms with Crippen LogP contribution in [0.15, 0.2) is 18.2 Å². The van der Waals surface area contributed by atoms with E-state index in [9.17, 15) is 14.9 Å². The number of hydrogen-bond donors (Lipinski definition) is 2. The van der Waals surface area contributed by atoms with Gasteiger partial charge in [0.25, 0.3) is 5.69 Å². The fraction of sp³-hybridized carbons (Fsp3) is 0.364. The van der Waals surface area contributed by atoms with Crippen LogP contribution in [0.2, 0.25) is 5.02 Å². The second-order valence-electron chi connectivity index (χ2n) is 4.25. The molecule has 3 N–H and O–H groups in total. The van der Waals surface area contributed by atoms with Crippen molar-refractivity contribution in [1.82, 2.24) is 5.32 Å². The van der Waals surface area contributed by atoms with Crippen molar-refractivity contribution in [2.45, 2.75) is 6.04 Å². The number of benzene rings is 1. The highest BCUT2D eigenvalue weighted by Gasteiger charge is 2.25. The number of nitro groups is 1. The minimum Gasteiger partial charge on any atom is -0.368 e. The highest BCUT2D eigenvalue weighted by Crippen LogP contribution is 2.30. The lowest BCUT2D eigenvalue weighted by atomic mass is 10.1. The first kappa shape index (κ1) is 13.6. The van der Waals surface area contributed by atoms with E-state index in [-0.39, 0.29) is 5.69 Å². The maximum Gasteiger partial charge on any atom is 0.271 e. The van der Waals surface area contributed by atoms with Gasteiger partial charge in [0.15, 0.2) is 0 Å². The minimum atomic E-state index is -0.500. The fourth-order valence-electron chi connectivity index (χ4n) is 2.03. The number of halogens is 1. The first-order valence-corrected chi connectivity index (χ1v) is 6.08. The van der Waals surface area contributed by atoms with Crippen molar-refractivity contribution in [3.8, 4) is 0 Å². The van der Waals surface area contributed by atoms with Crippen LogP contribution in [0, 0.1) is 10.1 Å². The maximum atomic E-state index is 11.2. The van der Waals surface area contributed by atoms with Gasteiger partial charge in [-0.2, -0.15) is 0 Å². The van der Waals surface area contributed by atoms with Crippen LogP contribution in [0.3, 0.4) is 0 Å². The van der Waals surface area contributed by atoms with E-state index < -0.39 is 16.9 Å². The molecular formula is C11H13ClN4O3. The summed E-state index contributed by atoms with van der Waals surface area (Å²) in [6, 6.07) is 3.84. The zero-order chi connectivity index (χ0) is 14.0. The Balaban J connectivity index is 2.22. The lowest BCUT2D eigenvalue weighted by molar-refractivity contribution is -0.384. The molecule has 7 nitrogen and oxygen atoms in total. The molecule has 1 aromatic carbocycles. The molecule has 2 rings (SSSR count). The molecule has 1 heterocycles. The third-order valence-corrected chi connectivity index (χ3v) is 3.30. The van der Waals surface area contributed by atoms with E-state index in [0.717, 1.165) is 0 Å². The Bertz CT molecular complexity index is 523. The topological polar surface area (TPSA) is 102 Å². The van der Waals surface area contributed by atoms with E-state index >= 15 is 0 Å². The number of amides is 1. The van der Waals surface area contributed by atoms with Crippen molar-refractivity contribution in [3.63, 3.8) is 0 Å². The van der Waals surface area contributed by atoms with Gasteiger partial charge in [0.2, 0.25) is 5.91 Å². The molecule has 0 aliphatic carbocycles. The van der Waals surface area contributed by atoms with Gasteiger partial charge in [-0.3, -0.25) is 14.9 Å². The number of non-ortho nitro benzene ring substituents is 1. The number of nitrogens with two attached hydrogens (primary N) is 1. The van der Waals surface area contributed by atoms with Crippen molar-refractivity contribution < 1.29 is 9.72 Å². The van der Waals surface area contributed by atoms with Crippen LogP contribution < -0.4 is 16.0 Å². The monoisotopic (exact) mass is 284 g/mol. The lowest BCUT2D eigenvalue weighted by Gasteiger charge is -2.34. The van der Waals surface area contributed by atoms with Gasteiger partial charge in [-0.15, -0.1) is 0 Å². The number of hydrogen-bond acceptors (Lipinski definition) is 5. The number of piperazine rings is 1. The molecule has 0 spiro atoms. The van der Waals surface area contributed by atoms with Gasteiger partial charge >= 0.3 is 0 Å². The summed E-state index contributed by atoms with van der Waals surface area (Å²) in [6.45, 7) is 1.65. The van der Waals surface area contributed by atoms with Crippen molar-refractivity contribution in [2.75, 3.05) is 24.5 Å². The quantitative estimate of drug-likeness (QED) is 0.622. The molecule has 1 saturated heterocycles. The normalized spacial score (nSPS) is 19.2. The summed E-state index contributed by atoms with van der Waals surface area (Å²) in [6.07, 6.45) is 0. The summed E-state index contributed by atoms with van der Waals surface area (Å²) in [5.41, 5.74) is 5.87. The van der Waals surface area contributed by atoms with E-state index in [1.807, 2.05) is 4.90 Å². The smallest absolute Gasteiger partial charge is 0.271 e. The third-order valence-electron chi connectivity index (χ3n) is 3.00. The van der Waals surface area contributed by atoms with Crippen LogP contribution >= 0.6 is 11.6 Å². The standard InChI is InChI=1S/C11H13ClN4O3/c12-8-5-7(16(18)19)1-2-10(8)15-4-3-14-9(6-15)11(13)17/h1-2,5,9,14H,3-4,6H2,(H2,13,17). The average Bonchev–Trinajstić information content (AvgIpc) is 2.38. The van der Waals surface area contributed by atoms with Crippen molar-refractivity contribution in [1.29, 1.82) is 0 Å². The van der Waals surface area contributed by atoms with Gasteiger partial charge in [-0.25, -0.2) is 0 Å². The van der Waals surface area contributed by atoms with E-state index in [0.29, 0.717) is 30.3 Å². The largest absolute Gasteiger partial charge is 0.368 e. The second-order valence-corrected chi connectivity index (χ2v) is 4.66. The van der Waals surface area contributed by atoms with Gasteiger partial charge in [0.05, 0.1) is 15.6 Å². The summed E-state index contributed by atoms with van der Waals surface area (Å²) >= 11 is 6.05. The molecule has 1 atom stereocenters. The van der Waals surface area contributed by atoms with Gasteiger partial charge in [0, 0.05) is 31.8 Å². The predicted molar refractivity (Wildman–Crippen MR) is 71.3 cm³/mol. The SMILES string of the molecule is NC(=O)C1CN(c2ccc([N+](=O)[O-])cc2Cl)CCN1. The summed E-state index contributed by atoms with van der Waals surface area (Å²) in [7, 11) is 0. The van der Waals surface area contributed by atoms with Crippen molar-refractivity contribution in [3.05, 3.63) is 33.3 Å². The Morgan fingerprint density at radius 3 is 2.89 bits per heavy atom. The minimum absolute atomic E-state index is 0.0599. The highest BCUT2D eigenvalue weighted by atomic mass is 35.5. The Morgan fingerprint density at radius 1 is 1.58 bits per heavy atom. The van der Waals surface area contributed by atoms with Crippen LogP contribution in [0.4, 0.5) is 11.4 Å². The second kappa shape index (κ2) is 5.41. The van der Waals surface area contributed by atoms with Gasteiger partial charge in [0.1, 0.15) is 6.04 Å². The zero-order valence-electron chi connectivity index (χ0n) is 10.0. The molecule has 0 saturated carbocycles. The predicted octanol–water partition coefficient (Wildman–Crippen LogP) is 0.512. The molecule has 1 fully saturated rings. The molecule has 1 amide bonds. The Morgan fingerprint density at radius 2 is 2.32 bits per heavy atom. The third kappa shape index (κ3) is 2.94. The molecule has 1 unspecified atom stereocenters. The summed E-state index contributed by atoms with van der Waals surface area (Å²) in [5, 5.41) is 13.9. The van der Waals surface area contributed by atoms with Gasteiger partial charge in [-0.05, 0) is 6.07 Å². The number of carbonyl (C=O) groups is 1. The summed E-state index contributed by atoms with van der Waals surface area (Å²) in [5.74, 6) is -0.428. The first-order valence-electron chi connectivity index (χ1n) is 5.70. The number of primary amides is 1. The Hall–Kier alpha value is -1.86. The van der Waals surface area contributed by atoms with E-state index in [4.69, 9.17) is 17.3 Å². The molecule has 102 valence electrons. The molecule has 8 heteroatoms. The van der Waals surface area contributed by atoms with Crippen LogP contribution in [-0.2, 0) is 4.79 Å². The molecular weight excluding hydrogens is 272 g/mol. The van der Waals surface area contributed by atoms with E-state index in [2.05, 4.69) is 5.32 Å². The Labute approximate surface area is 114 Å². The maximum absolute atomic E-state index is 11.2. The molecule has 0 radical (unpaired) electrons. The zero-order valence-corrected chi connectivity index (χ0v) is 10.8. The lowest BCUT2D eigenvalue weighted by Crippen LogP contribution is -2.56. The molecule has 19 heavy (non-hydrogen) atoms. The van der Waals surface area contributed by atoms with Gasteiger partial charge in [-0.1, -0.05) is 11.6 Å². The number of carbonyl (C=O) groups excluding carboxylic acids is 1. The van der Waals surface area contributed by atoms with Crippen LogP contribution in [-0.4, -0.2) is 36.5 Å². The van der Waals surface area contributed by atoms with E-state index in [1.54, 1.807) is 6.07 Å². The molecule has 0 bridgehead atoms. The van der Waals surface area contributed by atoms with Crippen LogP contribution in [0.25, 0.3) is 0 Å². The summed E-state index contributed by atoms with van der Waals surface area (Å²) in [4.78, 5) is 23.2. The number of rotatable bonds is 3. The number of nitro benzene ring substituents is 1. The molecule has 0 aromatic heterocycles. The van der Waals surface area contributed by atoms with Crippen LogP contribution in [0.5, 0.6) is 0 Å². The Kier molecular flexibility index (Phi) is 3.87. The number of nitrogens with one attached hydrogen (secondary N) is 1. The van der Waals surface area contributed by atoms with Crippen LogP contribution in [0.1, 0.15) is 0 Å². The molecule has 1 aliphatic heterocycles. The molecule has 1 aromatic rings. The van der Waals surface area contributed by atoms with Crippen molar-refractivity contribution >= 4 is 28.9 Å². The highest BCUT2D eigenvalue weighted by molar-refractivity contribution is 6.33. The van der Waals surface area contributed by atoms with Crippen molar-refractivity contribution in [2.24, 2.45) is 5.73 Å². The average molecular weight is 285 g/mol. The van der Waals surface area contributed by atoms with Gasteiger partial charge < -0.3 is 16.0 Å². The first-order chi connectivity index (χ1) is 8.99. The fourth-order valence-corrected chi connectivity index (χ4v) is 2.32. The number of nitrogens with zero attached hydrogens (tertiary/aromatic N) is 2. The summed E-state index contributed by atoms with van der Waals surface area (Å²) < 4.78 is 0.